The van der Waals surface area contributed by atoms with E-state index in [1.165, 1.54) is 7.11 Å². The van der Waals surface area contributed by atoms with Crippen molar-refractivity contribution in [2.45, 2.75) is 13.0 Å². The molecular formula is C21H22F2N2O3. The second kappa shape index (κ2) is 9.12. The molecule has 7 heteroatoms. The van der Waals surface area contributed by atoms with Crippen LogP contribution in [0, 0.1) is 11.6 Å². The molecule has 0 aliphatic rings. The number of allylic oxidation sites excluding steroid dienone is 1. The molecule has 0 unspecified atom stereocenters. The average Bonchev–Trinajstić information content (AvgIpc) is 2.66. The standard InChI is InChI=1S/C21H22F2N2O3/c1-13(2)14-8-5-6-11-18(14)25(3)12-17(21(27)28-4)24-20(26)19-15(22)9-7-10-16(19)23/h5-11,17H,1,12H2,2-4H3,(H,24,26)/t17-/m0/s1. The van der Waals surface area contributed by atoms with Gasteiger partial charge in [-0.05, 0) is 30.7 Å². The number of hydrogen-bond acceptors (Lipinski definition) is 4. The molecule has 0 aliphatic carbocycles. The summed E-state index contributed by atoms with van der Waals surface area (Å²) in [5.41, 5.74) is 1.74. The minimum atomic E-state index is -1.14. The molecule has 28 heavy (non-hydrogen) atoms. The fourth-order valence-electron chi connectivity index (χ4n) is 2.81. The summed E-state index contributed by atoms with van der Waals surface area (Å²) in [4.78, 5) is 26.3. The molecule has 1 atom stereocenters. The van der Waals surface area contributed by atoms with E-state index < -0.39 is 35.1 Å². The van der Waals surface area contributed by atoms with Gasteiger partial charge < -0.3 is 15.0 Å². The Kier molecular flexibility index (Phi) is 6.87. The van der Waals surface area contributed by atoms with E-state index >= 15 is 0 Å². The highest BCUT2D eigenvalue weighted by Crippen LogP contribution is 2.25. The van der Waals surface area contributed by atoms with E-state index in [4.69, 9.17) is 4.74 Å². The SMILES string of the molecule is C=C(C)c1ccccc1N(C)C[C@H](NC(=O)c1c(F)cccc1F)C(=O)OC. The van der Waals surface area contributed by atoms with Crippen LogP contribution in [0.5, 0.6) is 0 Å². The van der Waals surface area contributed by atoms with Crippen molar-refractivity contribution < 1.29 is 23.1 Å². The Bertz CT molecular complexity index is 879. The molecule has 2 aromatic carbocycles. The molecule has 148 valence electrons. The summed E-state index contributed by atoms with van der Waals surface area (Å²) in [6.45, 7) is 5.82. The van der Waals surface area contributed by atoms with E-state index in [2.05, 4.69) is 11.9 Å². The van der Waals surface area contributed by atoms with Crippen LogP contribution >= 0.6 is 0 Å². The van der Waals surface area contributed by atoms with E-state index in [-0.39, 0.29) is 6.54 Å². The topological polar surface area (TPSA) is 58.6 Å². The average molecular weight is 388 g/mol. The number of para-hydroxylation sites is 1. The first-order valence-electron chi connectivity index (χ1n) is 8.55. The number of halogens is 2. The zero-order valence-electron chi connectivity index (χ0n) is 16.0. The molecule has 5 nitrogen and oxygen atoms in total. The minimum Gasteiger partial charge on any atom is -0.467 e. The van der Waals surface area contributed by atoms with Crippen LogP contribution in [0.1, 0.15) is 22.8 Å². The summed E-state index contributed by atoms with van der Waals surface area (Å²) in [5.74, 6) is -3.79. The molecule has 1 amide bonds. The molecule has 0 spiro atoms. The highest BCUT2D eigenvalue weighted by Gasteiger charge is 2.27. The molecule has 0 aromatic heterocycles. The number of ether oxygens (including phenoxy) is 1. The highest BCUT2D eigenvalue weighted by atomic mass is 19.1. The summed E-state index contributed by atoms with van der Waals surface area (Å²) in [7, 11) is 2.90. The van der Waals surface area contributed by atoms with Gasteiger partial charge in [-0.15, -0.1) is 0 Å². The number of anilines is 1. The Morgan fingerprint density at radius 3 is 2.32 bits per heavy atom. The third-order valence-corrected chi connectivity index (χ3v) is 4.21. The van der Waals surface area contributed by atoms with Crippen LogP contribution in [-0.2, 0) is 9.53 Å². The number of benzene rings is 2. The van der Waals surface area contributed by atoms with Gasteiger partial charge in [-0.25, -0.2) is 13.6 Å². The van der Waals surface area contributed by atoms with Crippen molar-refractivity contribution in [1.82, 2.24) is 5.32 Å². The van der Waals surface area contributed by atoms with Gasteiger partial charge >= 0.3 is 5.97 Å². The summed E-state index contributed by atoms with van der Waals surface area (Å²) in [6.07, 6.45) is 0. The van der Waals surface area contributed by atoms with Crippen LogP contribution in [0.2, 0.25) is 0 Å². The first-order valence-corrected chi connectivity index (χ1v) is 8.55. The Hall–Kier alpha value is -3.22. The van der Waals surface area contributed by atoms with Gasteiger partial charge in [0, 0.05) is 24.8 Å². The Morgan fingerprint density at radius 1 is 1.14 bits per heavy atom. The summed E-state index contributed by atoms with van der Waals surface area (Å²) >= 11 is 0. The van der Waals surface area contributed by atoms with Crippen LogP contribution in [0.15, 0.2) is 49.0 Å². The maximum Gasteiger partial charge on any atom is 0.330 e. The van der Waals surface area contributed by atoms with Crippen molar-refractivity contribution >= 4 is 23.1 Å². The number of esters is 1. The van der Waals surface area contributed by atoms with Gasteiger partial charge in [0.15, 0.2) is 0 Å². The third-order valence-electron chi connectivity index (χ3n) is 4.21. The van der Waals surface area contributed by atoms with Crippen molar-refractivity contribution in [2.24, 2.45) is 0 Å². The third kappa shape index (κ3) is 4.73. The summed E-state index contributed by atoms with van der Waals surface area (Å²) in [5, 5.41) is 2.36. The molecule has 0 saturated heterocycles. The monoisotopic (exact) mass is 388 g/mol. The smallest absolute Gasteiger partial charge is 0.330 e. The van der Waals surface area contributed by atoms with E-state index in [1.807, 2.05) is 31.2 Å². The second-order valence-electron chi connectivity index (χ2n) is 6.32. The van der Waals surface area contributed by atoms with Gasteiger partial charge in [0.2, 0.25) is 0 Å². The van der Waals surface area contributed by atoms with Crippen LogP contribution in [0.4, 0.5) is 14.5 Å². The number of carbonyl (C=O) groups is 2. The number of likely N-dealkylation sites (N-methyl/N-ethyl adjacent to an activating group) is 1. The number of nitrogens with one attached hydrogen (secondary N) is 1. The van der Waals surface area contributed by atoms with E-state index in [9.17, 15) is 18.4 Å². The lowest BCUT2D eigenvalue weighted by Crippen LogP contribution is -2.48. The number of hydrogen-bond donors (Lipinski definition) is 1. The van der Waals surface area contributed by atoms with Crippen molar-refractivity contribution in [3.8, 4) is 0 Å². The molecule has 2 rings (SSSR count). The Labute approximate surface area is 162 Å². The number of methoxy groups -OCH3 is 1. The van der Waals surface area contributed by atoms with Crippen LogP contribution in [0.25, 0.3) is 5.57 Å². The molecule has 0 bridgehead atoms. The molecule has 1 N–H and O–H groups in total. The number of rotatable bonds is 7. The van der Waals surface area contributed by atoms with Crippen LogP contribution < -0.4 is 10.2 Å². The molecule has 0 radical (unpaired) electrons. The quantitative estimate of drug-likeness (QED) is 0.739. The lowest BCUT2D eigenvalue weighted by atomic mass is 10.1. The maximum atomic E-state index is 13.9. The molecule has 0 fully saturated rings. The zero-order chi connectivity index (χ0) is 20.8. The largest absolute Gasteiger partial charge is 0.467 e. The fraction of sp³-hybridized carbons (Fsp3) is 0.238. The number of nitrogens with zero attached hydrogens (tertiary/aromatic N) is 1. The summed E-state index contributed by atoms with van der Waals surface area (Å²) in [6, 6.07) is 9.38. The van der Waals surface area contributed by atoms with Crippen molar-refractivity contribution in [1.29, 1.82) is 0 Å². The van der Waals surface area contributed by atoms with E-state index in [0.717, 1.165) is 35.0 Å². The van der Waals surface area contributed by atoms with Gasteiger partial charge in [-0.2, -0.15) is 0 Å². The van der Waals surface area contributed by atoms with E-state index in [1.54, 1.807) is 11.9 Å². The van der Waals surface area contributed by atoms with Crippen molar-refractivity contribution in [3.63, 3.8) is 0 Å². The first-order chi connectivity index (χ1) is 13.3. The van der Waals surface area contributed by atoms with Gasteiger partial charge in [-0.1, -0.05) is 30.8 Å². The lowest BCUT2D eigenvalue weighted by molar-refractivity contribution is -0.142. The minimum absolute atomic E-state index is 0.0266. The number of carbonyl (C=O) groups excluding carboxylic acids is 2. The Morgan fingerprint density at radius 2 is 1.75 bits per heavy atom. The predicted molar refractivity (Wildman–Crippen MR) is 104 cm³/mol. The van der Waals surface area contributed by atoms with Crippen molar-refractivity contribution in [3.05, 3.63) is 71.8 Å². The zero-order valence-corrected chi connectivity index (χ0v) is 16.0. The second-order valence-corrected chi connectivity index (χ2v) is 6.32. The van der Waals surface area contributed by atoms with Crippen LogP contribution in [-0.4, -0.2) is 38.6 Å². The van der Waals surface area contributed by atoms with E-state index in [0.29, 0.717) is 0 Å². The summed E-state index contributed by atoms with van der Waals surface area (Å²) < 4.78 is 32.5. The van der Waals surface area contributed by atoms with Gasteiger partial charge in [-0.3, -0.25) is 4.79 Å². The predicted octanol–water partition coefficient (Wildman–Crippen LogP) is 3.41. The van der Waals surface area contributed by atoms with Crippen molar-refractivity contribution in [2.75, 3.05) is 25.6 Å². The highest BCUT2D eigenvalue weighted by molar-refractivity contribution is 5.97. The molecule has 2 aromatic rings. The molecular weight excluding hydrogens is 366 g/mol. The van der Waals surface area contributed by atoms with Gasteiger partial charge in [0.25, 0.3) is 5.91 Å². The molecule has 0 saturated carbocycles. The molecule has 0 aliphatic heterocycles. The fourth-order valence-corrected chi connectivity index (χ4v) is 2.81. The van der Waals surface area contributed by atoms with Gasteiger partial charge in [0.1, 0.15) is 23.2 Å². The molecule has 0 heterocycles. The number of amides is 1. The normalized spacial score (nSPS) is 11.5. The lowest BCUT2D eigenvalue weighted by Gasteiger charge is -2.27. The van der Waals surface area contributed by atoms with Crippen LogP contribution in [0.3, 0.4) is 0 Å². The maximum absolute atomic E-state index is 13.9. The Balaban J connectivity index is 2.27. The van der Waals surface area contributed by atoms with Gasteiger partial charge in [0.05, 0.1) is 7.11 Å². The first kappa shape index (κ1) is 21.1.